The second kappa shape index (κ2) is 6.53. The fraction of sp³-hybridized carbons (Fsp3) is 0.0625. The van der Waals surface area contributed by atoms with E-state index in [9.17, 15) is 0 Å². The molecule has 0 aliphatic heterocycles. The molecule has 0 aliphatic carbocycles. The molecule has 0 fully saturated rings. The predicted molar refractivity (Wildman–Crippen MR) is 82.8 cm³/mol. The summed E-state index contributed by atoms with van der Waals surface area (Å²) in [6.45, 7) is 0. The van der Waals surface area contributed by atoms with Crippen molar-refractivity contribution in [2.24, 2.45) is 0 Å². The Morgan fingerprint density at radius 1 is 0.955 bits per heavy atom. The lowest BCUT2D eigenvalue weighted by Gasteiger charge is -2.05. The largest absolute Gasteiger partial charge is 0.493 e. The van der Waals surface area contributed by atoms with Crippen molar-refractivity contribution < 1.29 is 4.74 Å². The summed E-state index contributed by atoms with van der Waals surface area (Å²) in [6, 6.07) is 5.59. The Balaban J connectivity index is 1.97. The van der Waals surface area contributed by atoms with Crippen molar-refractivity contribution in [3.63, 3.8) is 0 Å². The number of nitrogens with zero attached hydrogens (tertiary/aromatic N) is 5. The minimum atomic E-state index is 0.526. The summed E-state index contributed by atoms with van der Waals surface area (Å²) in [5, 5.41) is 0. The van der Waals surface area contributed by atoms with Gasteiger partial charge in [0.15, 0.2) is 11.6 Å². The van der Waals surface area contributed by atoms with E-state index < -0.39 is 0 Å². The van der Waals surface area contributed by atoms with Crippen molar-refractivity contribution in [1.29, 1.82) is 0 Å². The topological polar surface area (TPSA) is 73.7 Å². The lowest BCUT2D eigenvalue weighted by Crippen LogP contribution is -1.97. The minimum absolute atomic E-state index is 0.526. The Morgan fingerprint density at radius 3 is 2.50 bits per heavy atom. The molecule has 0 saturated carbocycles. The van der Waals surface area contributed by atoms with E-state index in [1.54, 1.807) is 38.0 Å². The van der Waals surface area contributed by atoms with Crippen LogP contribution in [0.25, 0.3) is 23.7 Å². The zero-order chi connectivity index (χ0) is 15.2. The highest BCUT2D eigenvalue weighted by Gasteiger charge is 2.07. The van der Waals surface area contributed by atoms with Gasteiger partial charge in [-0.15, -0.1) is 0 Å². The lowest BCUT2D eigenvalue weighted by atomic mass is 10.2. The maximum atomic E-state index is 5.30. The fourth-order valence-corrected chi connectivity index (χ4v) is 1.86. The fourth-order valence-electron chi connectivity index (χ4n) is 1.86. The average molecular weight is 291 g/mol. The van der Waals surface area contributed by atoms with Gasteiger partial charge >= 0.3 is 0 Å². The zero-order valence-corrected chi connectivity index (χ0v) is 11.9. The van der Waals surface area contributed by atoms with Crippen LogP contribution >= 0.6 is 0 Å². The van der Waals surface area contributed by atoms with Gasteiger partial charge in [0.1, 0.15) is 17.7 Å². The van der Waals surface area contributed by atoms with E-state index in [-0.39, 0.29) is 0 Å². The van der Waals surface area contributed by atoms with Gasteiger partial charge in [0.05, 0.1) is 13.3 Å². The number of ether oxygens (including phenoxy) is 1. The molecule has 0 aromatic carbocycles. The molecule has 3 heterocycles. The SMILES string of the molecule is COc1cnc(-c2ccncn2)nc1/C=C/c1ccncc1. The Labute approximate surface area is 127 Å². The molecule has 0 saturated heterocycles. The highest BCUT2D eigenvalue weighted by molar-refractivity contribution is 5.71. The van der Waals surface area contributed by atoms with Gasteiger partial charge in [-0.3, -0.25) is 4.98 Å². The molecular formula is C16H13N5O. The monoisotopic (exact) mass is 291 g/mol. The number of hydrogen-bond acceptors (Lipinski definition) is 6. The van der Waals surface area contributed by atoms with Crippen LogP contribution in [0.1, 0.15) is 11.3 Å². The maximum Gasteiger partial charge on any atom is 0.179 e. The van der Waals surface area contributed by atoms with Crippen LogP contribution in [0.3, 0.4) is 0 Å². The van der Waals surface area contributed by atoms with Gasteiger partial charge in [-0.1, -0.05) is 6.08 Å². The van der Waals surface area contributed by atoms with Gasteiger partial charge in [0, 0.05) is 18.6 Å². The highest BCUT2D eigenvalue weighted by atomic mass is 16.5. The predicted octanol–water partition coefficient (Wildman–Crippen LogP) is 2.51. The van der Waals surface area contributed by atoms with E-state index in [1.165, 1.54) is 6.33 Å². The molecule has 3 aromatic heterocycles. The van der Waals surface area contributed by atoms with Crippen molar-refractivity contribution in [2.45, 2.75) is 0 Å². The van der Waals surface area contributed by atoms with Gasteiger partial charge in [-0.25, -0.2) is 19.9 Å². The van der Waals surface area contributed by atoms with Crippen molar-refractivity contribution in [2.75, 3.05) is 7.11 Å². The van der Waals surface area contributed by atoms with E-state index in [0.29, 0.717) is 23.0 Å². The summed E-state index contributed by atoms with van der Waals surface area (Å²) >= 11 is 0. The van der Waals surface area contributed by atoms with E-state index in [1.807, 2.05) is 24.3 Å². The molecule has 108 valence electrons. The second-order valence-electron chi connectivity index (χ2n) is 4.36. The normalized spacial score (nSPS) is 10.8. The van der Waals surface area contributed by atoms with E-state index >= 15 is 0 Å². The van der Waals surface area contributed by atoms with Crippen LogP contribution in [0.5, 0.6) is 5.75 Å². The summed E-state index contributed by atoms with van der Waals surface area (Å²) in [7, 11) is 1.59. The zero-order valence-electron chi connectivity index (χ0n) is 11.9. The Morgan fingerprint density at radius 2 is 1.77 bits per heavy atom. The first kappa shape index (κ1) is 13.8. The number of hydrogen-bond donors (Lipinski definition) is 0. The third kappa shape index (κ3) is 3.12. The van der Waals surface area contributed by atoms with Gasteiger partial charge < -0.3 is 4.74 Å². The molecule has 22 heavy (non-hydrogen) atoms. The summed E-state index contributed by atoms with van der Waals surface area (Å²) in [5.41, 5.74) is 2.37. The van der Waals surface area contributed by atoms with Crippen LogP contribution in [-0.4, -0.2) is 32.0 Å². The molecule has 0 aliphatic rings. The third-order valence-electron chi connectivity index (χ3n) is 2.95. The number of methoxy groups -OCH3 is 1. The Hall–Kier alpha value is -3.15. The van der Waals surface area contributed by atoms with Crippen LogP contribution in [0, 0.1) is 0 Å². The van der Waals surface area contributed by atoms with Gasteiger partial charge in [-0.05, 0) is 29.8 Å². The van der Waals surface area contributed by atoms with Crippen LogP contribution in [0.15, 0.2) is 49.3 Å². The average Bonchev–Trinajstić information content (AvgIpc) is 2.61. The number of pyridine rings is 1. The molecule has 0 bridgehead atoms. The van der Waals surface area contributed by atoms with Gasteiger partial charge in [0.2, 0.25) is 0 Å². The van der Waals surface area contributed by atoms with Crippen LogP contribution in [0.2, 0.25) is 0 Å². The minimum Gasteiger partial charge on any atom is -0.493 e. The van der Waals surface area contributed by atoms with Crippen LogP contribution in [0.4, 0.5) is 0 Å². The van der Waals surface area contributed by atoms with Gasteiger partial charge in [-0.2, -0.15) is 0 Å². The molecular weight excluding hydrogens is 278 g/mol. The molecule has 0 unspecified atom stereocenters. The molecule has 3 rings (SSSR count). The first-order valence-corrected chi connectivity index (χ1v) is 6.62. The third-order valence-corrected chi connectivity index (χ3v) is 2.95. The van der Waals surface area contributed by atoms with Crippen LogP contribution in [-0.2, 0) is 0 Å². The molecule has 0 radical (unpaired) electrons. The van der Waals surface area contributed by atoms with E-state index in [0.717, 1.165) is 5.56 Å². The maximum absolute atomic E-state index is 5.30. The summed E-state index contributed by atoms with van der Waals surface area (Å²) < 4.78 is 5.30. The van der Waals surface area contributed by atoms with E-state index in [4.69, 9.17) is 4.74 Å². The van der Waals surface area contributed by atoms with Crippen molar-refractivity contribution >= 4 is 12.2 Å². The van der Waals surface area contributed by atoms with E-state index in [2.05, 4.69) is 24.9 Å². The molecule has 0 atom stereocenters. The second-order valence-corrected chi connectivity index (χ2v) is 4.36. The van der Waals surface area contributed by atoms with Crippen LogP contribution < -0.4 is 4.74 Å². The molecule has 6 nitrogen and oxygen atoms in total. The summed E-state index contributed by atoms with van der Waals surface area (Å²) in [6.07, 6.45) is 12.1. The molecule has 0 spiro atoms. The quantitative estimate of drug-likeness (QED) is 0.735. The Kier molecular flexibility index (Phi) is 4.10. The van der Waals surface area contributed by atoms with Gasteiger partial charge in [0.25, 0.3) is 0 Å². The standard InChI is InChI=1S/C16H13N5O/c1-22-15-10-19-16(14-6-9-18-11-20-14)21-13(15)3-2-12-4-7-17-8-5-12/h2-11H,1H3/b3-2+. The lowest BCUT2D eigenvalue weighted by molar-refractivity contribution is 0.409. The molecule has 0 N–H and O–H groups in total. The highest BCUT2D eigenvalue weighted by Crippen LogP contribution is 2.21. The molecule has 6 heteroatoms. The smallest absolute Gasteiger partial charge is 0.179 e. The first-order valence-electron chi connectivity index (χ1n) is 6.62. The summed E-state index contributed by atoms with van der Waals surface area (Å²) in [5.74, 6) is 1.13. The number of rotatable bonds is 4. The van der Waals surface area contributed by atoms with Crippen molar-refractivity contribution in [3.8, 4) is 17.3 Å². The first-order chi connectivity index (χ1) is 10.9. The number of aromatic nitrogens is 5. The molecule has 3 aromatic rings. The van der Waals surface area contributed by atoms with Crippen molar-refractivity contribution in [3.05, 3.63) is 60.6 Å². The molecule has 0 amide bonds. The Bertz CT molecular complexity index is 775. The summed E-state index contributed by atoms with van der Waals surface area (Å²) in [4.78, 5) is 20.8. The van der Waals surface area contributed by atoms with Crippen molar-refractivity contribution in [1.82, 2.24) is 24.9 Å².